The zero-order chi connectivity index (χ0) is 12.1. The summed E-state index contributed by atoms with van der Waals surface area (Å²) < 4.78 is 10.3. The maximum absolute atomic E-state index is 11.9. The van der Waals surface area contributed by atoms with Crippen LogP contribution in [0.5, 0.6) is 0 Å². The van der Waals surface area contributed by atoms with Crippen LogP contribution in [0.2, 0.25) is 0 Å². The van der Waals surface area contributed by atoms with E-state index in [2.05, 4.69) is 4.98 Å². The average molecular weight is 235 g/mol. The van der Waals surface area contributed by atoms with Crippen molar-refractivity contribution < 1.29 is 14.3 Å². The first-order valence-corrected chi connectivity index (χ1v) is 5.95. The highest BCUT2D eigenvalue weighted by Crippen LogP contribution is 2.28. The topological polar surface area (TPSA) is 48.4 Å². The van der Waals surface area contributed by atoms with Crippen molar-refractivity contribution >= 4 is 5.97 Å². The van der Waals surface area contributed by atoms with Gasteiger partial charge >= 0.3 is 5.97 Å². The number of pyridine rings is 1. The van der Waals surface area contributed by atoms with E-state index in [0.717, 1.165) is 25.2 Å². The highest BCUT2D eigenvalue weighted by molar-refractivity contribution is 5.78. The molecule has 1 aromatic rings. The number of carbonyl (C=O) groups excluding carboxylic acids is 1. The largest absolute Gasteiger partial charge is 0.466 e. The van der Waals surface area contributed by atoms with E-state index >= 15 is 0 Å². The van der Waals surface area contributed by atoms with Gasteiger partial charge in [-0.25, -0.2) is 0 Å². The second-order valence-electron chi connectivity index (χ2n) is 4.23. The Morgan fingerprint density at radius 3 is 3.00 bits per heavy atom. The number of rotatable bonds is 5. The van der Waals surface area contributed by atoms with Gasteiger partial charge in [-0.05, 0) is 25.0 Å². The fourth-order valence-electron chi connectivity index (χ4n) is 1.95. The van der Waals surface area contributed by atoms with Crippen LogP contribution in [-0.4, -0.2) is 30.8 Å². The summed E-state index contributed by atoms with van der Waals surface area (Å²) in [7, 11) is 0. The summed E-state index contributed by atoms with van der Waals surface area (Å²) in [6.07, 6.45) is 4.23. The smallest absolute Gasteiger partial charge is 0.313 e. The molecule has 1 fully saturated rings. The highest BCUT2D eigenvalue weighted by atomic mass is 16.5. The van der Waals surface area contributed by atoms with Gasteiger partial charge in [-0.2, -0.15) is 0 Å². The number of esters is 1. The zero-order valence-electron chi connectivity index (χ0n) is 9.96. The molecule has 0 N–H and O–H groups in total. The van der Waals surface area contributed by atoms with E-state index in [1.54, 1.807) is 12.4 Å². The summed E-state index contributed by atoms with van der Waals surface area (Å²) >= 11 is 0. The number of hydrogen-bond acceptors (Lipinski definition) is 4. The van der Waals surface area contributed by atoms with Crippen LogP contribution in [0, 0.1) is 5.92 Å². The maximum atomic E-state index is 11.9. The number of aromatic nitrogens is 1. The summed E-state index contributed by atoms with van der Waals surface area (Å²) in [4.78, 5) is 16.0. The van der Waals surface area contributed by atoms with Crippen molar-refractivity contribution in [2.75, 3.05) is 19.8 Å². The number of carbonyl (C=O) groups is 1. The first-order valence-electron chi connectivity index (χ1n) is 5.95. The number of hydrogen-bond donors (Lipinski definition) is 0. The maximum Gasteiger partial charge on any atom is 0.313 e. The molecular formula is C13H17NO3. The van der Waals surface area contributed by atoms with Gasteiger partial charge in [0.05, 0.1) is 25.7 Å². The normalized spacial score (nSPS) is 17.2. The fourth-order valence-corrected chi connectivity index (χ4v) is 1.95. The van der Waals surface area contributed by atoms with Gasteiger partial charge in [0, 0.05) is 18.3 Å². The second-order valence-corrected chi connectivity index (χ2v) is 4.23. The van der Waals surface area contributed by atoms with E-state index in [0.29, 0.717) is 12.5 Å². The van der Waals surface area contributed by atoms with Crippen molar-refractivity contribution in [2.24, 2.45) is 5.92 Å². The Morgan fingerprint density at radius 1 is 1.65 bits per heavy atom. The summed E-state index contributed by atoms with van der Waals surface area (Å²) in [5.41, 5.74) is 0.929. The van der Waals surface area contributed by atoms with Crippen molar-refractivity contribution in [3.63, 3.8) is 0 Å². The predicted molar refractivity (Wildman–Crippen MR) is 62.5 cm³/mol. The molecule has 1 aliphatic rings. The molecule has 0 aliphatic carbocycles. The molecule has 0 saturated carbocycles. The SMILES string of the molecule is CCOC(=O)C(CC1COC1)c1cccnc1. The molecule has 2 rings (SSSR count). The molecule has 4 nitrogen and oxygen atoms in total. The molecule has 2 heterocycles. The highest BCUT2D eigenvalue weighted by Gasteiger charge is 2.29. The molecule has 1 aliphatic heterocycles. The van der Waals surface area contributed by atoms with Crippen LogP contribution < -0.4 is 0 Å². The van der Waals surface area contributed by atoms with E-state index in [1.807, 2.05) is 19.1 Å². The molecule has 0 radical (unpaired) electrons. The van der Waals surface area contributed by atoms with Crippen LogP contribution in [0.25, 0.3) is 0 Å². The number of nitrogens with zero attached hydrogens (tertiary/aromatic N) is 1. The Bertz CT molecular complexity index is 362. The Morgan fingerprint density at radius 2 is 2.47 bits per heavy atom. The van der Waals surface area contributed by atoms with Gasteiger partial charge in [0.2, 0.25) is 0 Å². The molecule has 0 amide bonds. The molecular weight excluding hydrogens is 218 g/mol. The lowest BCUT2D eigenvalue weighted by molar-refractivity contribution is -0.146. The third kappa shape index (κ3) is 3.03. The molecule has 1 saturated heterocycles. The van der Waals surface area contributed by atoms with Gasteiger partial charge in [0.1, 0.15) is 0 Å². The summed E-state index contributed by atoms with van der Waals surface area (Å²) in [6, 6.07) is 3.77. The molecule has 0 spiro atoms. The average Bonchev–Trinajstić information content (AvgIpc) is 2.29. The Balaban J connectivity index is 2.08. The van der Waals surface area contributed by atoms with E-state index < -0.39 is 0 Å². The third-order valence-electron chi connectivity index (χ3n) is 2.93. The minimum Gasteiger partial charge on any atom is -0.466 e. The predicted octanol–water partition coefficient (Wildman–Crippen LogP) is 1.76. The first-order chi connectivity index (χ1) is 8.31. The first kappa shape index (κ1) is 12.0. The summed E-state index contributed by atoms with van der Waals surface area (Å²) in [5.74, 6) is 0.0922. The van der Waals surface area contributed by atoms with E-state index in [1.165, 1.54) is 0 Å². The van der Waals surface area contributed by atoms with Crippen LogP contribution in [0.15, 0.2) is 24.5 Å². The molecule has 1 unspecified atom stereocenters. The van der Waals surface area contributed by atoms with Gasteiger partial charge in [-0.3, -0.25) is 9.78 Å². The second kappa shape index (κ2) is 5.77. The van der Waals surface area contributed by atoms with Crippen LogP contribution in [0.4, 0.5) is 0 Å². The summed E-state index contributed by atoms with van der Waals surface area (Å²) in [5, 5.41) is 0. The molecule has 92 valence electrons. The van der Waals surface area contributed by atoms with E-state index in [-0.39, 0.29) is 11.9 Å². The lowest BCUT2D eigenvalue weighted by Gasteiger charge is -2.29. The van der Waals surface area contributed by atoms with Gasteiger partial charge in [-0.15, -0.1) is 0 Å². The number of ether oxygens (including phenoxy) is 2. The quantitative estimate of drug-likeness (QED) is 0.730. The van der Waals surface area contributed by atoms with Gasteiger partial charge in [0.25, 0.3) is 0 Å². The molecule has 0 bridgehead atoms. The molecule has 1 aromatic heterocycles. The monoisotopic (exact) mass is 235 g/mol. The third-order valence-corrected chi connectivity index (χ3v) is 2.93. The van der Waals surface area contributed by atoms with Gasteiger partial charge in [-0.1, -0.05) is 6.07 Å². The summed E-state index contributed by atoms with van der Waals surface area (Å²) in [6.45, 7) is 3.73. The minimum absolute atomic E-state index is 0.160. The Kier molecular flexibility index (Phi) is 4.09. The van der Waals surface area contributed by atoms with Crippen molar-refractivity contribution in [1.82, 2.24) is 4.98 Å². The lowest BCUT2D eigenvalue weighted by Crippen LogP contribution is -2.31. The molecule has 17 heavy (non-hydrogen) atoms. The van der Waals surface area contributed by atoms with Crippen molar-refractivity contribution in [2.45, 2.75) is 19.3 Å². The van der Waals surface area contributed by atoms with Crippen LogP contribution in [0.3, 0.4) is 0 Å². The standard InChI is InChI=1S/C13H17NO3/c1-2-17-13(15)12(6-10-8-16-9-10)11-4-3-5-14-7-11/h3-5,7,10,12H,2,6,8-9H2,1H3. The van der Waals surface area contributed by atoms with Crippen LogP contribution in [0.1, 0.15) is 24.8 Å². The molecule has 4 heteroatoms. The zero-order valence-corrected chi connectivity index (χ0v) is 9.96. The van der Waals surface area contributed by atoms with Crippen molar-refractivity contribution in [1.29, 1.82) is 0 Å². The Hall–Kier alpha value is -1.42. The van der Waals surface area contributed by atoms with Crippen LogP contribution >= 0.6 is 0 Å². The minimum atomic E-state index is -0.211. The van der Waals surface area contributed by atoms with Gasteiger partial charge < -0.3 is 9.47 Å². The van der Waals surface area contributed by atoms with Gasteiger partial charge in [0.15, 0.2) is 0 Å². The fraction of sp³-hybridized carbons (Fsp3) is 0.538. The van der Waals surface area contributed by atoms with E-state index in [9.17, 15) is 4.79 Å². The molecule has 0 aromatic carbocycles. The van der Waals surface area contributed by atoms with Crippen LogP contribution in [-0.2, 0) is 14.3 Å². The van der Waals surface area contributed by atoms with Crippen molar-refractivity contribution in [3.05, 3.63) is 30.1 Å². The van der Waals surface area contributed by atoms with E-state index in [4.69, 9.17) is 9.47 Å². The molecule has 1 atom stereocenters. The lowest BCUT2D eigenvalue weighted by atomic mass is 9.88. The Labute approximate surface area is 101 Å². The van der Waals surface area contributed by atoms with Crippen molar-refractivity contribution in [3.8, 4) is 0 Å².